The number of amides is 1. The molecule has 1 heterocycles. The minimum Gasteiger partial charge on any atom is -0.320 e. The number of aromatic nitrogens is 1. The maximum atomic E-state index is 11.3. The standard InChI is InChI=1S/C10H11BrN2O/c1-7(2)6-9(14)13-8-4-3-5-12-10(8)11/h3-6H,1-2H3,(H,13,14). The molecule has 1 N–H and O–H groups in total. The molecule has 0 atom stereocenters. The predicted octanol–water partition coefficient (Wildman–Crippen LogP) is 2.75. The number of anilines is 1. The first-order valence-corrected chi connectivity index (χ1v) is 4.95. The van der Waals surface area contributed by atoms with E-state index in [2.05, 4.69) is 26.2 Å². The molecule has 0 fully saturated rings. The van der Waals surface area contributed by atoms with E-state index in [0.29, 0.717) is 10.3 Å². The Balaban J connectivity index is 2.75. The average Bonchev–Trinajstić information content (AvgIpc) is 2.07. The Bertz CT molecular complexity index is 370. The van der Waals surface area contributed by atoms with E-state index in [1.54, 1.807) is 24.4 Å². The summed E-state index contributed by atoms with van der Waals surface area (Å²) in [6.07, 6.45) is 3.19. The molecule has 0 bridgehead atoms. The molecule has 0 aromatic carbocycles. The topological polar surface area (TPSA) is 42.0 Å². The third-order valence-corrected chi connectivity index (χ3v) is 2.07. The number of pyridine rings is 1. The summed E-state index contributed by atoms with van der Waals surface area (Å²) < 4.78 is 0.635. The first-order valence-electron chi connectivity index (χ1n) is 4.16. The van der Waals surface area contributed by atoms with Gasteiger partial charge in [0.05, 0.1) is 5.69 Å². The third-order valence-electron chi connectivity index (χ3n) is 1.44. The minimum atomic E-state index is -0.140. The van der Waals surface area contributed by atoms with Gasteiger partial charge in [0.1, 0.15) is 4.60 Å². The molecule has 1 aromatic heterocycles. The fourth-order valence-electron chi connectivity index (χ4n) is 0.910. The smallest absolute Gasteiger partial charge is 0.248 e. The van der Waals surface area contributed by atoms with Crippen LogP contribution in [0.5, 0.6) is 0 Å². The van der Waals surface area contributed by atoms with Gasteiger partial charge < -0.3 is 5.32 Å². The van der Waals surface area contributed by atoms with Gasteiger partial charge in [-0.1, -0.05) is 5.57 Å². The Kier molecular flexibility index (Phi) is 3.83. The molecule has 0 aliphatic rings. The molecular weight excluding hydrogens is 244 g/mol. The van der Waals surface area contributed by atoms with Crippen LogP contribution in [0.2, 0.25) is 0 Å². The molecule has 1 amide bonds. The van der Waals surface area contributed by atoms with Gasteiger partial charge in [-0.05, 0) is 41.9 Å². The largest absolute Gasteiger partial charge is 0.320 e. The van der Waals surface area contributed by atoms with E-state index >= 15 is 0 Å². The van der Waals surface area contributed by atoms with Crippen molar-refractivity contribution in [3.8, 4) is 0 Å². The summed E-state index contributed by atoms with van der Waals surface area (Å²) in [6.45, 7) is 3.75. The monoisotopic (exact) mass is 254 g/mol. The lowest BCUT2D eigenvalue weighted by Gasteiger charge is -2.03. The van der Waals surface area contributed by atoms with Crippen molar-refractivity contribution in [1.29, 1.82) is 0 Å². The van der Waals surface area contributed by atoms with Crippen molar-refractivity contribution < 1.29 is 4.79 Å². The highest BCUT2D eigenvalue weighted by Gasteiger charge is 2.02. The average molecular weight is 255 g/mol. The van der Waals surface area contributed by atoms with Crippen LogP contribution in [0.3, 0.4) is 0 Å². The van der Waals surface area contributed by atoms with Crippen LogP contribution in [0.1, 0.15) is 13.8 Å². The van der Waals surface area contributed by atoms with Gasteiger partial charge in [0.15, 0.2) is 0 Å². The first-order chi connectivity index (χ1) is 6.59. The number of nitrogens with one attached hydrogen (secondary N) is 1. The zero-order valence-electron chi connectivity index (χ0n) is 8.04. The van der Waals surface area contributed by atoms with Crippen LogP contribution < -0.4 is 5.32 Å². The zero-order chi connectivity index (χ0) is 10.6. The van der Waals surface area contributed by atoms with Crippen molar-refractivity contribution in [1.82, 2.24) is 4.98 Å². The summed E-state index contributed by atoms with van der Waals surface area (Å²) in [4.78, 5) is 15.3. The fourth-order valence-corrected chi connectivity index (χ4v) is 1.26. The summed E-state index contributed by atoms with van der Waals surface area (Å²) in [5, 5.41) is 2.72. The Morgan fingerprint density at radius 2 is 2.29 bits per heavy atom. The van der Waals surface area contributed by atoms with Crippen molar-refractivity contribution in [2.75, 3.05) is 5.32 Å². The second-order valence-corrected chi connectivity index (χ2v) is 3.80. The summed E-state index contributed by atoms with van der Waals surface area (Å²) in [7, 11) is 0. The van der Waals surface area contributed by atoms with Crippen LogP contribution in [-0.4, -0.2) is 10.9 Å². The molecule has 14 heavy (non-hydrogen) atoms. The van der Waals surface area contributed by atoms with E-state index in [1.165, 1.54) is 0 Å². The van der Waals surface area contributed by atoms with Gasteiger partial charge in [-0.25, -0.2) is 4.98 Å². The number of carbonyl (C=O) groups is 1. The highest BCUT2D eigenvalue weighted by molar-refractivity contribution is 9.10. The molecule has 0 unspecified atom stereocenters. The van der Waals surface area contributed by atoms with E-state index in [1.807, 2.05) is 13.8 Å². The third kappa shape index (κ3) is 3.30. The number of rotatable bonds is 2. The molecule has 0 saturated carbocycles. The van der Waals surface area contributed by atoms with Crippen molar-refractivity contribution in [2.24, 2.45) is 0 Å². The number of allylic oxidation sites excluding steroid dienone is 1. The van der Waals surface area contributed by atoms with Crippen molar-refractivity contribution in [2.45, 2.75) is 13.8 Å². The summed E-state index contributed by atoms with van der Waals surface area (Å²) in [5.41, 5.74) is 1.64. The number of carbonyl (C=O) groups excluding carboxylic acids is 1. The maximum Gasteiger partial charge on any atom is 0.248 e. The molecule has 0 aliphatic heterocycles. The molecule has 0 spiro atoms. The quantitative estimate of drug-likeness (QED) is 0.652. The van der Waals surface area contributed by atoms with E-state index in [0.717, 1.165) is 5.57 Å². The lowest BCUT2D eigenvalue weighted by Crippen LogP contribution is -2.09. The Morgan fingerprint density at radius 1 is 1.57 bits per heavy atom. The minimum absolute atomic E-state index is 0.140. The Hall–Kier alpha value is -1.16. The van der Waals surface area contributed by atoms with Crippen molar-refractivity contribution in [3.63, 3.8) is 0 Å². The van der Waals surface area contributed by atoms with Crippen LogP contribution in [0.25, 0.3) is 0 Å². The van der Waals surface area contributed by atoms with E-state index in [4.69, 9.17) is 0 Å². The van der Waals surface area contributed by atoms with E-state index in [-0.39, 0.29) is 5.91 Å². The highest BCUT2D eigenvalue weighted by atomic mass is 79.9. The van der Waals surface area contributed by atoms with Crippen molar-refractivity contribution >= 4 is 27.5 Å². The summed E-state index contributed by atoms with van der Waals surface area (Å²) in [5.74, 6) is -0.140. The zero-order valence-corrected chi connectivity index (χ0v) is 9.63. The first kappa shape index (κ1) is 10.9. The van der Waals surface area contributed by atoms with Gasteiger partial charge in [-0.15, -0.1) is 0 Å². The predicted molar refractivity (Wildman–Crippen MR) is 60.0 cm³/mol. The fraction of sp³-hybridized carbons (Fsp3) is 0.200. The summed E-state index contributed by atoms with van der Waals surface area (Å²) >= 11 is 3.24. The van der Waals surface area contributed by atoms with Gasteiger partial charge in [0.2, 0.25) is 5.91 Å². The van der Waals surface area contributed by atoms with Gasteiger partial charge in [0, 0.05) is 12.3 Å². The molecule has 4 heteroatoms. The number of hydrogen-bond acceptors (Lipinski definition) is 2. The molecule has 1 rings (SSSR count). The highest BCUT2D eigenvalue weighted by Crippen LogP contribution is 2.18. The molecule has 0 aliphatic carbocycles. The normalized spacial score (nSPS) is 9.36. The molecule has 1 aromatic rings. The van der Waals surface area contributed by atoms with E-state index < -0.39 is 0 Å². The van der Waals surface area contributed by atoms with Crippen LogP contribution >= 0.6 is 15.9 Å². The van der Waals surface area contributed by atoms with Crippen LogP contribution in [0.4, 0.5) is 5.69 Å². The summed E-state index contributed by atoms with van der Waals surface area (Å²) in [6, 6.07) is 3.55. The molecule has 0 radical (unpaired) electrons. The number of hydrogen-bond donors (Lipinski definition) is 1. The Morgan fingerprint density at radius 3 is 2.86 bits per heavy atom. The van der Waals surface area contributed by atoms with Crippen LogP contribution in [0, 0.1) is 0 Å². The maximum absolute atomic E-state index is 11.3. The van der Waals surface area contributed by atoms with Crippen LogP contribution in [0.15, 0.2) is 34.6 Å². The van der Waals surface area contributed by atoms with Crippen LogP contribution in [-0.2, 0) is 4.79 Å². The second-order valence-electron chi connectivity index (χ2n) is 3.05. The van der Waals surface area contributed by atoms with Gasteiger partial charge >= 0.3 is 0 Å². The van der Waals surface area contributed by atoms with Crippen molar-refractivity contribution in [3.05, 3.63) is 34.6 Å². The number of nitrogens with zero attached hydrogens (tertiary/aromatic N) is 1. The van der Waals surface area contributed by atoms with Gasteiger partial charge in [0.25, 0.3) is 0 Å². The second kappa shape index (κ2) is 4.91. The van der Waals surface area contributed by atoms with Gasteiger partial charge in [-0.2, -0.15) is 0 Å². The molecule has 74 valence electrons. The molecule has 0 saturated heterocycles. The SMILES string of the molecule is CC(C)=CC(=O)Nc1cccnc1Br. The molecular formula is C10H11BrN2O. The lowest BCUT2D eigenvalue weighted by molar-refractivity contribution is -0.111. The van der Waals surface area contributed by atoms with Gasteiger partial charge in [-0.3, -0.25) is 4.79 Å². The van der Waals surface area contributed by atoms with E-state index in [9.17, 15) is 4.79 Å². The lowest BCUT2D eigenvalue weighted by atomic mass is 10.3. The number of halogens is 1. The molecule has 3 nitrogen and oxygen atoms in total. The Labute approximate surface area is 91.4 Å².